The van der Waals surface area contributed by atoms with Gasteiger partial charge in [0.05, 0.1) is 11.3 Å². The number of rotatable bonds is 7. The molecule has 0 saturated carbocycles. The molecule has 31 heavy (non-hydrogen) atoms. The number of hydrogen-bond donors (Lipinski definition) is 1. The maximum atomic E-state index is 12.7. The third-order valence-corrected chi connectivity index (χ3v) is 6.34. The zero-order chi connectivity index (χ0) is 21.8. The molecule has 2 heterocycles. The molecule has 12 heteroatoms. The van der Waals surface area contributed by atoms with Gasteiger partial charge in [-0.15, -0.1) is 32.2 Å². The molecule has 0 amide bonds. The largest absolute Gasteiger partial charge is 0.485 e. The van der Waals surface area contributed by atoms with E-state index >= 15 is 0 Å². The highest BCUT2D eigenvalue weighted by Gasteiger charge is 2.30. The molecule has 7 nitrogen and oxygen atoms in total. The zero-order valence-corrected chi connectivity index (χ0v) is 17.7. The Morgan fingerprint density at radius 2 is 1.87 bits per heavy atom. The van der Waals surface area contributed by atoms with Crippen molar-refractivity contribution in [2.75, 3.05) is 0 Å². The van der Waals surface area contributed by atoms with Gasteiger partial charge in [-0.3, -0.25) is 0 Å². The molecule has 0 aliphatic rings. The van der Waals surface area contributed by atoms with Crippen LogP contribution < -0.4 is 4.74 Å². The summed E-state index contributed by atoms with van der Waals surface area (Å²) in [7, 11) is 0. The lowest BCUT2D eigenvalue weighted by Crippen LogP contribution is -2.03. The van der Waals surface area contributed by atoms with E-state index in [2.05, 4.69) is 30.8 Å². The minimum absolute atomic E-state index is 0.224. The number of nitrogens with zero attached hydrogens (tertiary/aromatic N) is 5. The molecule has 0 bridgehead atoms. The van der Waals surface area contributed by atoms with Crippen LogP contribution in [0.1, 0.15) is 22.0 Å². The Kier molecular flexibility index (Phi) is 6.18. The summed E-state index contributed by atoms with van der Waals surface area (Å²) in [5.41, 5.74) is 0.897. The van der Waals surface area contributed by atoms with Crippen molar-refractivity contribution in [3.63, 3.8) is 0 Å². The van der Waals surface area contributed by atoms with E-state index in [1.807, 2.05) is 25.1 Å². The molecule has 4 rings (SSSR count). The lowest BCUT2D eigenvalue weighted by Gasteiger charge is -2.08. The van der Waals surface area contributed by atoms with E-state index in [9.17, 15) is 13.2 Å². The van der Waals surface area contributed by atoms with Gasteiger partial charge < -0.3 is 4.74 Å². The summed E-state index contributed by atoms with van der Waals surface area (Å²) in [6.07, 6.45) is -4.35. The second-order valence-electron chi connectivity index (χ2n) is 6.41. The Morgan fingerprint density at radius 1 is 1.06 bits per heavy atom. The zero-order valence-electron chi connectivity index (χ0n) is 16.1. The molecule has 0 fully saturated rings. The van der Waals surface area contributed by atoms with Gasteiger partial charge in [0, 0.05) is 10.5 Å². The summed E-state index contributed by atoms with van der Waals surface area (Å²) in [5.74, 6) is 1.80. The van der Waals surface area contributed by atoms with Gasteiger partial charge >= 0.3 is 6.18 Å². The fraction of sp³-hybridized carbons (Fsp3) is 0.211. The van der Waals surface area contributed by atoms with Crippen molar-refractivity contribution < 1.29 is 17.9 Å². The number of aryl methyl sites for hydroxylation is 1. The first-order chi connectivity index (χ1) is 14.9. The van der Waals surface area contributed by atoms with Crippen LogP contribution in [0, 0.1) is 6.92 Å². The molecule has 0 aliphatic heterocycles. The van der Waals surface area contributed by atoms with Crippen molar-refractivity contribution in [1.82, 2.24) is 30.8 Å². The second kappa shape index (κ2) is 9.02. The molecule has 1 N–H and O–H groups in total. The van der Waals surface area contributed by atoms with Gasteiger partial charge in [0.15, 0.2) is 6.61 Å². The molecular formula is C19H15F3N6OS2. The summed E-state index contributed by atoms with van der Waals surface area (Å²) in [5, 5.41) is 23.2. The molecule has 0 unspecified atom stereocenters. The highest BCUT2D eigenvalue weighted by molar-refractivity contribution is 7.98. The van der Waals surface area contributed by atoms with Crippen LogP contribution in [0.2, 0.25) is 0 Å². The quantitative estimate of drug-likeness (QED) is 0.389. The van der Waals surface area contributed by atoms with Crippen LogP contribution >= 0.6 is 23.1 Å². The molecule has 0 atom stereocenters. The first-order valence-corrected chi connectivity index (χ1v) is 10.8. The van der Waals surface area contributed by atoms with E-state index in [1.165, 1.54) is 23.5 Å². The Bertz CT molecular complexity index is 1150. The van der Waals surface area contributed by atoms with Crippen molar-refractivity contribution in [2.45, 2.75) is 30.4 Å². The van der Waals surface area contributed by atoms with Gasteiger partial charge in [0.1, 0.15) is 15.8 Å². The lowest BCUT2D eigenvalue weighted by molar-refractivity contribution is -0.137. The number of aromatic amines is 1. The van der Waals surface area contributed by atoms with Crippen molar-refractivity contribution in [3.05, 3.63) is 64.4 Å². The van der Waals surface area contributed by atoms with Crippen molar-refractivity contribution in [2.24, 2.45) is 0 Å². The Labute approximate surface area is 183 Å². The molecule has 0 radical (unpaired) electrons. The number of ether oxygens (including phenoxy) is 1. The highest BCUT2D eigenvalue weighted by Crippen LogP contribution is 2.33. The first-order valence-electron chi connectivity index (χ1n) is 8.97. The van der Waals surface area contributed by atoms with Gasteiger partial charge in [-0.05, 0) is 42.8 Å². The average Bonchev–Trinajstić information content (AvgIpc) is 3.43. The van der Waals surface area contributed by atoms with Crippen molar-refractivity contribution in [3.8, 4) is 16.3 Å². The predicted octanol–water partition coefficient (Wildman–Crippen LogP) is 4.92. The topological polar surface area (TPSA) is 89.5 Å². The third kappa shape index (κ3) is 5.39. The summed E-state index contributed by atoms with van der Waals surface area (Å²) in [6, 6.07) is 10.8. The van der Waals surface area contributed by atoms with Crippen LogP contribution in [0.25, 0.3) is 10.6 Å². The maximum absolute atomic E-state index is 12.7. The van der Waals surface area contributed by atoms with Crippen molar-refractivity contribution >= 4 is 23.1 Å². The third-order valence-electron chi connectivity index (χ3n) is 4.18. The standard InChI is InChI=1S/C19H15F3N6OS2/c1-11-8-14(6-7-15(11)29-9-16-23-27-28-24-16)30-10-17-25-26-18(31-17)12-2-4-13(5-3-12)19(20,21)22/h2-8H,9-10H2,1H3,(H,23,24,27,28). The number of alkyl halides is 3. The van der Waals surface area contributed by atoms with Crippen LogP contribution in [0.3, 0.4) is 0 Å². The van der Waals surface area contributed by atoms with Crippen LogP contribution in [0.15, 0.2) is 47.4 Å². The molecular weight excluding hydrogens is 449 g/mol. The summed E-state index contributed by atoms with van der Waals surface area (Å²) < 4.78 is 43.8. The first kappa shape index (κ1) is 21.2. The minimum atomic E-state index is -4.35. The van der Waals surface area contributed by atoms with Gasteiger partial charge in [-0.25, -0.2) is 0 Å². The number of aromatic nitrogens is 6. The fourth-order valence-corrected chi connectivity index (χ4v) is 4.46. The highest BCUT2D eigenvalue weighted by atomic mass is 32.2. The average molecular weight is 464 g/mol. The minimum Gasteiger partial charge on any atom is -0.485 e. The van der Waals surface area contributed by atoms with Gasteiger partial charge in [0.25, 0.3) is 0 Å². The van der Waals surface area contributed by atoms with Crippen LogP contribution in [0.5, 0.6) is 5.75 Å². The summed E-state index contributed by atoms with van der Waals surface area (Å²) in [6.45, 7) is 2.17. The maximum Gasteiger partial charge on any atom is 0.416 e. The Morgan fingerprint density at radius 3 is 2.55 bits per heavy atom. The second-order valence-corrected chi connectivity index (χ2v) is 8.52. The van der Waals surface area contributed by atoms with Crippen LogP contribution in [-0.4, -0.2) is 30.8 Å². The van der Waals surface area contributed by atoms with Crippen LogP contribution in [0.4, 0.5) is 13.2 Å². The van der Waals surface area contributed by atoms with Gasteiger partial charge in [-0.2, -0.15) is 18.4 Å². The van der Waals surface area contributed by atoms with E-state index in [-0.39, 0.29) is 6.61 Å². The number of halogens is 3. The molecule has 0 spiro atoms. The van der Waals surface area contributed by atoms with E-state index in [4.69, 9.17) is 4.74 Å². The van der Waals surface area contributed by atoms with Crippen molar-refractivity contribution in [1.29, 1.82) is 0 Å². The number of tetrazole rings is 1. The number of benzene rings is 2. The molecule has 0 aliphatic carbocycles. The van der Waals surface area contributed by atoms with E-state index in [1.54, 1.807) is 11.8 Å². The molecule has 4 aromatic rings. The Balaban J connectivity index is 1.35. The predicted molar refractivity (Wildman–Crippen MR) is 110 cm³/mol. The fourth-order valence-electron chi connectivity index (χ4n) is 2.64. The summed E-state index contributed by atoms with van der Waals surface area (Å²) in [4.78, 5) is 1.04. The number of hydrogen-bond acceptors (Lipinski definition) is 8. The molecule has 0 saturated heterocycles. The number of nitrogens with one attached hydrogen (secondary N) is 1. The normalized spacial score (nSPS) is 11.6. The van der Waals surface area contributed by atoms with Gasteiger partial charge in [-0.1, -0.05) is 28.7 Å². The summed E-state index contributed by atoms with van der Waals surface area (Å²) >= 11 is 2.95. The van der Waals surface area contributed by atoms with Gasteiger partial charge in [0.2, 0.25) is 5.82 Å². The van der Waals surface area contributed by atoms with E-state index in [0.29, 0.717) is 22.1 Å². The number of thioether (sulfide) groups is 1. The molecule has 160 valence electrons. The Hall–Kier alpha value is -2.99. The van der Waals surface area contributed by atoms with Crippen LogP contribution in [-0.2, 0) is 18.5 Å². The van der Waals surface area contributed by atoms with E-state index in [0.717, 1.165) is 33.3 Å². The smallest absolute Gasteiger partial charge is 0.416 e. The number of H-pyrrole nitrogens is 1. The lowest BCUT2D eigenvalue weighted by atomic mass is 10.1. The SMILES string of the molecule is Cc1cc(SCc2nnc(-c3ccc(C(F)(F)F)cc3)s2)ccc1OCc1nn[nH]n1. The molecule has 2 aromatic heterocycles. The van der Waals surface area contributed by atoms with E-state index < -0.39 is 11.7 Å². The molecule has 2 aromatic carbocycles. The monoisotopic (exact) mass is 464 g/mol.